The minimum atomic E-state index is 0.629. The molecule has 11 aromatic rings. The second kappa shape index (κ2) is 13.2. The van der Waals surface area contributed by atoms with Crippen LogP contribution in [0.5, 0.6) is 0 Å². The van der Waals surface area contributed by atoms with Crippen LogP contribution in [0, 0.1) is 0 Å². The van der Waals surface area contributed by atoms with Crippen LogP contribution in [0.1, 0.15) is 0 Å². The Morgan fingerprint density at radius 2 is 0.946 bits per heavy atom. The van der Waals surface area contributed by atoms with Gasteiger partial charge in [0, 0.05) is 53.4 Å². The number of furan rings is 1. The second-order valence-electron chi connectivity index (χ2n) is 13.7. The van der Waals surface area contributed by atoms with E-state index in [0.717, 1.165) is 65.8 Å². The summed E-state index contributed by atoms with van der Waals surface area (Å²) in [6.07, 6.45) is 0. The maximum atomic E-state index is 6.37. The van der Waals surface area contributed by atoms with Crippen molar-refractivity contribution in [2.45, 2.75) is 0 Å². The number of thiophene rings is 1. The lowest BCUT2D eigenvalue weighted by molar-refractivity contribution is 0.667. The Bertz CT molecular complexity index is 3190. The molecule has 0 saturated heterocycles. The summed E-state index contributed by atoms with van der Waals surface area (Å²) in [4.78, 5) is 25.2. The summed E-state index contributed by atoms with van der Waals surface area (Å²) < 4.78 is 8.71. The van der Waals surface area contributed by atoms with E-state index in [1.54, 1.807) is 11.3 Å². The molecule has 7 heteroatoms. The topological polar surface area (TPSA) is 77.6 Å². The summed E-state index contributed by atoms with van der Waals surface area (Å²) in [5.74, 6) is 2.59. The number of hydrogen-bond acceptors (Lipinski definition) is 7. The largest absolute Gasteiger partial charge is 0.452 e. The Morgan fingerprint density at radius 1 is 0.375 bits per heavy atom. The van der Waals surface area contributed by atoms with E-state index in [1.807, 2.05) is 97.1 Å². The van der Waals surface area contributed by atoms with Gasteiger partial charge in [-0.3, -0.25) is 0 Å². The predicted octanol–water partition coefficient (Wildman–Crippen LogP) is 12.9. The molecule has 0 amide bonds. The maximum Gasteiger partial charge on any atom is 0.180 e. The van der Waals surface area contributed by atoms with Gasteiger partial charge in [0.15, 0.2) is 28.9 Å². The van der Waals surface area contributed by atoms with Crippen LogP contribution in [0.25, 0.3) is 110 Å². The van der Waals surface area contributed by atoms with Gasteiger partial charge in [0.25, 0.3) is 0 Å². The zero-order chi connectivity index (χ0) is 37.0. The minimum Gasteiger partial charge on any atom is -0.452 e. The van der Waals surface area contributed by atoms with Crippen LogP contribution in [0.2, 0.25) is 0 Å². The van der Waals surface area contributed by atoms with Crippen molar-refractivity contribution in [3.8, 4) is 67.9 Å². The van der Waals surface area contributed by atoms with Gasteiger partial charge < -0.3 is 4.42 Å². The predicted molar refractivity (Wildman–Crippen MR) is 228 cm³/mol. The molecular formula is C49H29N5OS. The highest BCUT2D eigenvalue weighted by Crippen LogP contribution is 2.43. The highest BCUT2D eigenvalue weighted by Gasteiger charge is 2.20. The lowest BCUT2D eigenvalue weighted by Crippen LogP contribution is -2.00. The molecular weight excluding hydrogens is 707 g/mol. The van der Waals surface area contributed by atoms with Crippen molar-refractivity contribution in [3.05, 3.63) is 176 Å². The van der Waals surface area contributed by atoms with Crippen molar-refractivity contribution < 1.29 is 4.42 Å². The molecule has 6 nitrogen and oxygen atoms in total. The molecule has 0 bridgehead atoms. The molecule has 7 aromatic carbocycles. The quantitative estimate of drug-likeness (QED) is 0.169. The summed E-state index contributed by atoms with van der Waals surface area (Å²) >= 11 is 1.77. The van der Waals surface area contributed by atoms with Crippen LogP contribution in [0.4, 0.5) is 0 Å². The van der Waals surface area contributed by atoms with Gasteiger partial charge >= 0.3 is 0 Å². The Hall–Kier alpha value is -7.35. The summed E-state index contributed by atoms with van der Waals surface area (Å²) in [5, 5.41) is 3.35. The Kier molecular flexibility index (Phi) is 7.57. The maximum absolute atomic E-state index is 6.37. The van der Waals surface area contributed by atoms with Crippen LogP contribution in [-0.4, -0.2) is 24.9 Å². The zero-order valence-corrected chi connectivity index (χ0v) is 30.6. The molecule has 0 radical (unpaired) electrons. The number of nitrogens with zero attached hydrogens (tertiary/aromatic N) is 5. The Balaban J connectivity index is 1.03. The van der Waals surface area contributed by atoms with Crippen molar-refractivity contribution in [2.75, 3.05) is 0 Å². The average Bonchev–Trinajstić information content (AvgIpc) is 3.85. The van der Waals surface area contributed by atoms with Gasteiger partial charge in [-0.15, -0.1) is 11.3 Å². The zero-order valence-electron chi connectivity index (χ0n) is 29.8. The SMILES string of the molecule is c1ccc(-c2nc(-c3ccccc3)nc(-c3cccc(-c4ccc5c(c4)sc4c(-c6nc(-c7ccccc7)c7oc8ccccc8c7n6)cccc45)c3)n2)cc1. The number of aromatic nitrogens is 5. The van der Waals surface area contributed by atoms with Crippen LogP contribution < -0.4 is 0 Å². The van der Waals surface area contributed by atoms with Gasteiger partial charge in [-0.1, -0.05) is 146 Å². The van der Waals surface area contributed by atoms with E-state index in [9.17, 15) is 0 Å². The molecule has 0 N–H and O–H groups in total. The summed E-state index contributed by atoms with van der Waals surface area (Å²) in [7, 11) is 0. The lowest BCUT2D eigenvalue weighted by Gasteiger charge is -2.09. The van der Waals surface area contributed by atoms with E-state index in [1.165, 1.54) is 15.5 Å². The number of rotatable bonds is 6. The monoisotopic (exact) mass is 735 g/mol. The van der Waals surface area contributed by atoms with Crippen LogP contribution in [-0.2, 0) is 0 Å². The van der Waals surface area contributed by atoms with Gasteiger partial charge in [0.1, 0.15) is 16.8 Å². The molecule has 0 aliphatic heterocycles. The van der Waals surface area contributed by atoms with Crippen molar-refractivity contribution in [1.82, 2.24) is 24.9 Å². The van der Waals surface area contributed by atoms with Gasteiger partial charge in [-0.05, 0) is 41.5 Å². The first-order valence-electron chi connectivity index (χ1n) is 18.4. The van der Waals surface area contributed by atoms with E-state index in [2.05, 4.69) is 78.9 Å². The highest BCUT2D eigenvalue weighted by atomic mass is 32.1. The molecule has 4 aromatic heterocycles. The Labute approximate surface area is 325 Å². The molecule has 262 valence electrons. The molecule has 4 heterocycles. The third-order valence-electron chi connectivity index (χ3n) is 10.2. The summed E-state index contributed by atoms with van der Waals surface area (Å²) in [6, 6.07) is 60.0. The minimum absolute atomic E-state index is 0.629. The van der Waals surface area contributed by atoms with Crippen LogP contribution in [0.15, 0.2) is 180 Å². The third-order valence-corrected chi connectivity index (χ3v) is 11.4. The normalized spacial score (nSPS) is 11.6. The van der Waals surface area contributed by atoms with E-state index in [0.29, 0.717) is 28.9 Å². The van der Waals surface area contributed by atoms with Gasteiger partial charge in [0.2, 0.25) is 0 Å². The van der Waals surface area contributed by atoms with E-state index in [-0.39, 0.29) is 0 Å². The van der Waals surface area contributed by atoms with Crippen molar-refractivity contribution in [1.29, 1.82) is 0 Å². The molecule has 0 atom stereocenters. The van der Waals surface area contributed by atoms with E-state index in [4.69, 9.17) is 29.3 Å². The van der Waals surface area contributed by atoms with Crippen molar-refractivity contribution in [3.63, 3.8) is 0 Å². The number of benzene rings is 7. The first-order valence-corrected chi connectivity index (χ1v) is 19.2. The summed E-state index contributed by atoms with van der Waals surface area (Å²) in [5.41, 5.74) is 10.1. The van der Waals surface area contributed by atoms with Gasteiger partial charge in [-0.25, -0.2) is 24.9 Å². The second-order valence-corrected chi connectivity index (χ2v) is 14.7. The molecule has 0 fully saturated rings. The summed E-state index contributed by atoms with van der Waals surface area (Å²) in [6.45, 7) is 0. The standard InChI is InChI=1S/C49H29N5OS/c1-4-14-30(15-5-1)42-44-43(38-22-10-11-25-40(38)55-44)51-49(50-42)39-24-13-23-37-36-27-26-34(29-41(36)56-45(37)39)33-20-12-21-35(28-33)48-53-46(31-16-6-2-7-17-31)52-47(54-48)32-18-8-3-9-19-32/h1-29H. The fourth-order valence-electron chi connectivity index (χ4n) is 7.43. The lowest BCUT2D eigenvalue weighted by atomic mass is 10.0. The number of para-hydroxylation sites is 1. The fraction of sp³-hybridized carbons (Fsp3) is 0. The fourth-order valence-corrected chi connectivity index (χ4v) is 8.68. The Morgan fingerprint density at radius 3 is 1.68 bits per heavy atom. The van der Waals surface area contributed by atoms with E-state index < -0.39 is 0 Å². The molecule has 0 unspecified atom stereocenters. The average molecular weight is 736 g/mol. The van der Waals surface area contributed by atoms with Crippen LogP contribution in [0.3, 0.4) is 0 Å². The molecule has 0 aliphatic rings. The van der Waals surface area contributed by atoms with Crippen molar-refractivity contribution >= 4 is 53.6 Å². The molecule has 0 spiro atoms. The van der Waals surface area contributed by atoms with Crippen LogP contribution >= 0.6 is 11.3 Å². The number of fused-ring (bicyclic) bond motifs is 6. The third kappa shape index (κ3) is 5.52. The first-order chi connectivity index (χ1) is 27.7. The molecule has 56 heavy (non-hydrogen) atoms. The van der Waals surface area contributed by atoms with Crippen molar-refractivity contribution in [2.24, 2.45) is 0 Å². The number of hydrogen-bond donors (Lipinski definition) is 0. The van der Waals surface area contributed by atoms with Gasteiger partial charge in [0.05, 0.1) is 0 Å². The molecule has 11 rings (SSSR count). The van der Waals surface area contributed by atoms with Gasteiger partial charge in [-0.2, -0.15) is 0 Å². The highest BCUT2D eigenvalue weighted by molar-refractivity contribution is 7.26. The first kappa shape index (κ1) is 32.1. The molecule has 0 saturated carbocycles. The van der Waals surface area contributed by atoms with E-state index >= 15 is 0 Å². The smallest absolute Gasteiger partial charge is 0.180 e. The molecule has 0 aliphatic carbocycles.